The topological polar surface area (TPSA) is 47.6 Å². The molecule has 2 heterocycles. The maximum atomic E-state index is 12.1. The van der Waals surface area contributed by atoms with Crippen molar-refractivity contribution in [2.24, 2.45) is 11.3 Å². The fourth-order valence-electron chi connectivity index (χ4n) is 3.00. The van der Waals surface area contributed by atoms with Gasteiger partial charge in [0.15, 0.2) is 0 Å². The Morgan fingerprint density at radius 3 is 2.58 bits per heavy atom. The lowest BCUT2D eigenvalue weighted by Crippen LogP contribution is -2.52. The van der Waals surface area contributed by atoms with Crippen molar-refractivity contribution in [3.05, 3.63) is 0 Å². The lowest BCUT2D eigenvalue weighted by molar-refractivity contribution is 0.170. The van der Waals surface area contributed by atoms with Crippen molar-refractivity contribution < 1.29 is 4.79 Å². The molecule has 1 atom stereocenters. The second-order valence-corrected chi connectivity index (χ2v) is 6.63. The monoisotopic (exact) mass is 268 g/mol. The van der Waals surface area contributed by atoms with Crippen molar-refractivity contribution in [3.8, 4) is 0 Å². The van der Waals surface area contributed by atoms with Crippen LogP contribution in [0, 0.1) is 11.3 Å². The molecule has 1 unspecified atom stereocenters. The van der Waals surface area contributed by atoms with Crippen LogP contribution in [-0.2, 0) is 0 Å². The average molecular weight is 268 g/mol. The molecule has 0 aliphatic carbocycles. The number of hydrogen-bond donors (Lipinski definition) is 2. The molecule has 0 bridgehead atoms. The summed E-state index contributed by atoms with van der Waals surface area (Å²) in [6.07, 6.45) is 1.24. The Bertz CT molecular complexity index is 313. The molecule has 0 radical (unpaired) electrons. The van der Waals surface area contributed by atoms with Gasteiger partial charge in [-0.15, -0.1) is 0 Å². The van der Waals surface area contributed by atoms with Crippen LogP contribution in [0.1, 0.15) is 20.3 Å². The smallest absolute Gasteiger partial charge is 0.317 e. The van der Waals surface area contributed by atoms with E-state index in [9.17, 15) is 4.79 Å². The third-order valence-corrected chi connectivity index (χ3v) is 4.60. The number of amides is 2. The van der Waals surface area contributed by atoms with Crippen LogP contribution >= 0.6 is 0 Å². The fraction of sp³-hybridized carbons (Fsp3) is 0.929. The van der Waals surface area contributed by atoms with Gasteiger partial charge in [-0.25, -0.2) is 4.79 Å². The van der Waals surface area contributed by atoms with E-state index < -0.39 is 0 Å². The molecule has 5 heteroatoms. The average Bonchev–Trinajstić information content (AvgIpc) is 2.85. The maximum absolute atomic E-state index is 12.1. The quantitative estimate of drug-likeness (QED) is 0.787. The van der Waals surface area contributed by atoms with Gasteiger partial charge in [0, 0.05) is 39.3 Å². The molecule has 2 N–H and O–H groups in total. The largest absolute Gasteiger partial charge is 0.337 e. The second-order valence-electron chi connectivity index (χ2n) is 6.63. The SMILES string of the molecule is CN1CCC(C(C)(C)CNC(=O)N2CCNCC2)C1. The first kappa shape index (κ1) is 14.6. The van der Waals surface area contributed by atoms with Gasteiger partial charge < -0.3 is 20.4 Å². The van der Waals surface area contributed by atoms with Gasteiger partial charge >= 0.3 is 6.03 Å². The summed E-state index contributed by atoms with van der Waals surface area (Å²) in [6, 6.07) is 0.0981. The normalized spacial score (nSPS) is 25.6. The molecule has 0 aromatic heterocycles. The van der Waals surface area contributed by atoms with Gasteiger partial charge in [-0.1, -0.05) is 13.8 Å². The summed E-state index contributed by atoms with van der Waals surface area (Å²) in [4.78, 5) is 16.4. The molecule has 0 spiro atoms. The number of hydrogen-bond acceptors (Lipinski definition) is 3. The highest BCUT2D eigenvalue weighted by Gasteiger charge is 2.34. The minimum atomic E-state index is 0.0981. The number of nitrogens with one attached hydrogen (secondary N) is 2. The van der Waals surface area contributed by atoms with Crippen molar-refractivity contribution >= 4 is 6.03 Å². The molecule has 110 valence electrons. The van der Waals surface area contributed by atoms with Gasteiger partial charge in [0.25, 0.3) is 0 Å². The Morgan fingerprint density at radius 1 is 1.32 bits per heavy atom. The van der Waals surface area contributed by atoms with Crippen LogP contribution < -0.4 is 10.6 Å². The molecule has 2 fully saturated rings. The van der Waals surface area contributed by atoms with Gasteiger partial charge in [0.05, 0.1) is 0 Å². The number of urea groups is 1. The first-order chi connectivity index (χ1) is 8.99. The molecule has 19 heavy (non-hydrogen) atoms. The molecule has 2 saturated heterocycles. The van der Waals surface area contributed by atoms with Gasteiger partial charge in [0.1, 0.15) is 0 Å². The summed E-state index contributed by atoms with van der Waals surface area (Å²) in [6.45, 7) is 11.1. The molecule has 2 aliphatic rings. The standard InChI is InChI=1S/C14H28N4O/c1-14(2,12-4-7-17(3)10-12)11-16-13(19)18-8-5-15-6-9-18/h12,15H,4-11H2,1-3H3,(H,16,19). The molecule has 2 rings (SSSR count). The molecule has 2 aliphatic heterocycles. The van der Waals surface area contributed by atoms with Gasteiger partial charge in [-0.2, -0.15) is 0 Å². The molecular formula is C14H28N4O. The zero-order chi connectivity index (χ0) is 13.9. The number of carbonyl (C=O) groups excluding carboxylic acids is 1. The van der Waals surface area contributed by atoms with Crippen LogP contribution in [0.5, 0.6) is 0 Å². The fourth-order valence-corrected chi connectivity index (χ4v) is 3.00. The highest BCUT2D eigenvalue weighted by Crippen LogP contribution is 2.33. The first-order valence-corrected chi connectivity index (χ1v) is 7.41. The number of nitrogens with zero attached hydrogens (tertiary/aromatic N) is 2. The Kier molecular flexibility index (Phi) is 4.68. The van der Waals surface area contributed by atoms with Crippen molar-refractivity contribution in [2.75, 3.05) is 52.9 Å². The third-order valence-electron chi connectivity index (χ3n) is 4.60. The zero-order valence-electron chi connectivity index (χ0n) is 12.5. The van der Waals surface area contributed by atoms with Gasteiger partial charge in [-0.3, -0.25) is 0 Å². The van der Waals surface area contributed by atoms with Crippen molar-refractivity contribution in [3.63, 3.8) is 0 Å². The molecule has 2 amide bonds. The van der Waals surface area contributed by atoms with E-state index in [1.807, 2.05) is 4.90 Å². The predicted octanol–water partition coefficient (Wildman–Crippen LogP) is 0.579. The molecule has 5 nitrogen and oxygen atoms in total. The highest BCUT2D eigenvalue weighted by molar-refractivity contribution is 5.74. The first-order valence-electron chi connectivity index (χ1n) is 7.41. The Labute approximate surface area is 116 Å². The van der Waals surface area contributed by atoms with Gasteiger partial charge in [-0.05, 0) is 31.3 Å². The summed E-state index contributed by atoms with van der Waals surface area (Å²) in [5.41, 5.74) is 0.175. The summed E-state index contributed by atoms with van der Waals surface area (Å²) < 4.78 is 0. The van der Waals surface area contributed by atoms with E-state index in [1.165, 1.54) is 13.0 Å². The summed E-state index contributed by atoms with van der Waals surface area (Å²) in [5.74, 6) is 0.681. The van der Waals surface area contributed by atoms with Crippen LogP contribution in [0.4, 0.5) is 4.79 Å². The lowest BCUT2D eigenvalue weighted by atomic mass is 9.78. The van der Waals surface area contributed by atoms with Crippen LogP contribution in [0.2, 0.25) is 0 Å². The van der Waals surface area contributed by atoms with E-state index in [0.717, 1.165) is 39.3 Å². The van der Waals surface area contributed by atoms with Crippen LogP contribution in [0.15, 0.2) is 0 Å². The summed E-state index contributed by atoms with van der Waals surface area (Å²) >= 11 is 0. The van der Waals surface area contributed by atoms with E-state index in [0.29, 0.717) is 5.92 Å². The maximum Gasteiger partial charge on any atom is 0.317 e. The highest BCUT2D eigenvalue weighted by atomic mass is 16.2. The van der Waals surface area contributed by atoms with E-state index in [1.54, 1.807) is 0 Å². The van der Waals surface area contributed by atoms with E-state index in [4.69, 9.17) is 0 Å². The number of likely N-dealkylation sites (tertiary alicyclic amines) is 1. The van der Waals surface area contributed by atoms with Crippen molar-refractivity contribution in [1.29, 1.82) is 0 Å². The van der Waals surface area contributed by atoms with Crippen LogP contribution in [0.25, 0.3) is 0 Å². The van der Waals surface area contributed by atoms with Crippen molar-refractivity contribution in [2.45, 2.75) is 20.3 Å². The van der Waals surface area contributed by atoms with E-state index >= 15 is 0 Å². The predicted molar refractivity (Wildman–Crippen MR) is 77.2 cm³/mol. The Morgan fingerprint density at radius 2 is 2.00 bits per heavy atom. The van der Waals surface area contributed by atoms with Crippen LogP contribution in [0.3, 0.4) is 0 Å². The number of carbonyl (C=O) groups is 1. The second kappa shape index (κ2) is 6.09. The van der Waals surface area contributed by atoms with E-state index in [-0.39, 0.29) is 11.4 Å². The minimum Gasteiger partial charge on any atom is -0.337 e. The molecule has 0 aromatic rings. The third kappa shape index (κ3) is 3.83. The number of piperazine rings is 1. The minimum absolute atomic E-state index is 0.0981. The van der Waals surface area contributed by atoms with Crippen molar-refractivity contribution in [1.82, 2.24) is 20.4 Å². The number of rotatable bonds is 3. The van der Waals surface area contributed by atoms with Gasteiger partial charge in [0.2, 0.25) is 0 Å². The summed E-state index contributed by atoms with van der Waals surface area (Å²) in [5, 5.41) is 6.39. The zero-order valence-corrected chi connectivity index (χ0v) is 12.5. The molecular weight excluding hydrogens is 240 g/mol. The Balaban J connectivity index is 1.78. The Hall–Kier alpha value is -0.810. The molecule has 0 saturated carbocycles. The lowest BCUT2D eigenvalue weighted by Gasteiger charge is -2.34. The van der Waals surface area contributed by atoms with Crippen LogP contribution in [-0.4, -0.2) is 68.7 Å². The molecule has 0 aromatic carbocycles. The summed E-state index contributed by atoms with van der Waals surface area (Å²) in [7, 11) is 2.18. The van der Waals surface area contributed by atoms with E-state index in [2.05, 4.69) is 36.4 Å².